The topological polar surface area (TPSA) is 60.9 Å². The Morgan fingerprint density at radius 2 is 1.89 bits per heavy atom. The van der Waals surface area contributed by atoms with Gasteiger partial charge < -0.3 is 5.73 Å². The van der Waals surface area contributed by atoms with Crippen molar-refractivity contribution in [3.05, 3.63) is 58.8 Å². The summed E-state index contributed by atoms with van der Waals surface area (Å²) in [7, 11) is 0. The summed E-state index contributed by atoms with van der Waals surface area (Å²) in [4.78, 5) is 15.4. The molecule has 4 nitrogen and oxygen atoms in total. The number of aromatic nitrogens is 2. The van der Waals surface area contributed by atoms with E-state index in [2.05, 4.69) is 20.9 Å². The highest BCUT2D eigenvalue weighted by atomic mass is 79.9. The zero-order valence-corrected chi connectivity index (χ0v) is 11.5. The summed E-state index contributed by atoms with van der Waals surface area (Å²) in [5.74, 6) is -0.444. The maximum Gasteiger partial charge on any atom is 0.248 e. The average Bonchev–Trinajstić information content (AvgIpc) is 2.82. The number of hydrogen-bond acceptors (Lipinski definition) is 2. The molecule has 3 rings (SSSR count). The molecule has 0 fully saturated rings. The van der Waals surface area contributed by atoms with Gasteiger partial charge in [0.1, 0.15) is 6.33 Å². The highest BCUT2D eigenvalue weighted by molar-refractivity contribution is 9.10. The summed E-state index contributed by atoms with van der Waals surface area (Å²) in [6.45, 7) is 0. The zero-order valence-electron chi connectivity index (χ0n) is 9.88. The minimum Gasteiger partial charge on any atom is -0.366 e. The van der Waals surface area contributed by atoms with Crippen LogP contribution in [0.4, 0.5) is 0 Å². The van der Waals surface area contributed by atoms with E-state index in [0.717, 1.165) is 21.2 Å². The van der Waals surface area contributed by atoms with Gasteiger partial charge in [-0.25, -0.2) is 4.98 Å². The summed E-state index contributed by atoms with van der Waals surface area (Å²) in [5.41, 5.74) is 8.43. The number of primary amides is 1. The van der Waals surface area contributed by atoms with E-state index < -0.39 is 5.91 Å². The molecule has 1 heterocycles. The molecule has 1 amide bonds. The lowest BCUT2D eigenvalue weighted by atomic mass is 10.2. The van der Waals surface area contributed by atoms with Crippen LogP contribution in [0.15, 0.2) is 53.3 Å². The van der Waals surface area contributed by atoms with Gasteiger partial charge in [0.25, 0.3) is 0 Å². The minimum atomic E-state index is -0.444. The highest BCUT2D eigenvalue weighted by Crippen LogP contribution is 2.20. The van der Waals surface area contributed by atoms with Crippen LogP contribution in [0.25, 0.3) is 16.7 Å². The molecule has 0 radical (unpaired) electrons. The third kappa shape index (κ3) is 2.13. The van der Waals surface area contributed by atoms with E-state index >= 15 is 0 Å². The molecular formula is C14H10BrN3O. The molecule has 0 aliphatic heterocycles. The number of amides is 1. The highest BCUT2D eigenvalue weighted by Gasteiger charge is 2.07. The van der Waals surface area contributed by atoms with Gasteiger partial charge in [0.15, 0.2) is 0 Å². The Kier molecular flexibility index (Phi) is 2.83. The molecule has 3 aromatic rings. The number of hydrogen-bond donors (Lipinski definition) is 1. The fraction of sp³-hybridized carbons (Fsp3) is 0. The molecule has 19 heavy (non-hydrogen) atoms. The van der Waals surface area contributed by atoms with Crippen LogP contribution >= 0.6 is 15.9 Å². The standard InChI is InChI=1S/C14H10BrN3O/c15-10-2-4-11(5-3-10)18-8-17-12-7-9(14(16)19)1-6-13(12)18/h1-8H,(H2,16,19). The zero-order chi connectivity index (χ0) is 13.4. The summed E-state index contributed by atoms with van der Waals surface area (Å²) < 4.78 is 2.99. The van der Waals surface area contributed by atoms with Gasteiger partial charge in [0.05, 0.1) is 11.0 Å². The van der Waals surface area contributed by atoms with E-state index in [0.29, 0.717) is 5.56 Å². The van der Waals surface area contributed by atoms with Gasteiger partial charge in [-0.05, 0) is 42.5 Å². The Bertz CT molecular complexity index is 762. The van der Waals surface area contributed by atoms with Crippen molar-refractivity contribution in [2.75, 3.05) is 0 Å². The first-order chi connectivity index (χ1) is 9.15. The second-order valence-electron chi connectivity index (χ2n) is 4.16. The number of rotatable bonds is 2. The van der Waals surface area contributed by atoms with E-state index in [-0.39, 0.29) is 0 Å². The van der Waals surface area contributed by atoms with E-state index in [1.54, 1.807) is 18.5 Å². The summed E-state index contributed by atoms with van der Waals surface area (Å²) in [6, 6.07) is 13.2. The van der Waals surface area contributed by atoms with E-state index in [1.807, 2.05) is 34.9 Å². The summed E-state index contributed by atoms with van der Waals surface area (Å²) >= 11 is 3.41. The van der Waals surface area contributed by atoms with Crippen molar-refractivity contribution < 1.29 is 4.79 Å². The third-order valence-electron chi connectivity index (χ3n) is 2.94. The van der Waals surface area contributed by atoms with Gasteiger partial charge >= 0.3 is 0 Å². The molecule has 0 saturated carbocycles. The Balaban J connectivity index is 2.15. The van der Waals surface area contributed by atoms with Crippen molar-refractivity contribution in [2.24, 2.45) is 5.73 Å². The Morgan fingerprint density at radius 1 is 1.16 bits per heavy atom. The lowest BCUT2D eigenvalue weighted by molar-refractivity contribution is 0.100. The quantitative estimate of drug-likeness (QED) is 0.790. The predicted octanol–water partition coefficient (Wildman–Crippen LogP) is 2.89. The molecule has 0 saturated heterocycles. The molecule has 0 bridgehead atoms. The maximum atomic E-state index is 11.1. The number of carbonyl (C=O) groups excluding carboxylic acids is 1. The van der Waals surface area contributed by atoms with Crippen molar-refractivity contribution >= 4 is 32.9 Å². The van der Waals surface area contributed by atoms with Crippen molar-refractivity contribution in [3.63, 3.8) is 0 Å². The molecule has 0 unspecified atom stereocenters. The van der Waals surface area contributed by atoms with E-state index in [9.17, 15) is 4.79 Å². The van der Waals surface area contributed by atoms with Gasteiger partial charge in [-0.1, -0.05) is 15.9 Å². The summed E-state index contributed by atoms with van der Waals surface area (Å²) in [6.07, 6.45) is 1.73. The van der Waals surface area contributed by atoms with Crippen LogP contribution in [0.1, 0.15) is 10.4 Å². The van der Waals surface area contributed by atoms with E-state index in [4.69, 9.17) is 5.73 Å². The van der Waals surface area contributed by atoms with Gasteiger partial charge in [-0.2, -0.15) is 0 Å². The van der Waals surface area contributed by atoms with Crippen LogP contribution in [0, 0.1) is 0 Å². The number of benzene rings is 2. The minimum absolute atomic E-state index is 0.444. The number of nitrogens with two attached hydrogens (primary N) is 1. The molecule has 5 heteroatoms. The van der Waals surface area contributed by atoms with Crippen LogP contribution in [-0.4, -0.2) is 15.5 Å². The maximum absolute atomic E-state index is 11.1. The molecule has 0 spiro atoms. The Hall–Kier alpha value is -2.14. The second kappa shape index (κ2) is 4.51. The molecule has 1 aromatic heterocycles. The number of halogens is 1. The monoisotopic (exact) mass is 315 g/mol. The summed E-state index contributed by atoms with van der Waals surface area (Å²) in [5, 5.41) is 0. The normalized spacial score (nSPS) is 10.8. The average molecular weight is 316 g/mol. The fourth-order valence-corrected chi connectivity index (χ4v) is 2.24. The largest absolute Gasteiger partial charge is 0.366 e. The number of fused-ring (bicyclic) bond motifs is 1. The molecule has 2 aromatic carbocycles. The van der Waals surface area contributed by atoms with Gasteiger partial charge in [-0.15, -0.1) is 0 Å². The third-order valence-corrected chi connectivity index (χ3v) is 3.47. The molecule has 0 atom stereocenters. The van der Waals surface area contributed by atoms with Gasteiger partial charge in [-0.3, -0.25) is 9.36 Å². The van der Waals surface area contributed by atoms with Crippen molar-refractivity contribution in [1.29, 1.82) is 0 Å². The number of nitrogens with zero attached hydrogens (tertiary/aromatic N) is 2. The number of imidazole rings is 1. The molecule has 0 aliphatic rings. The first-order valence-electron chi connectivity index (χ1n) is 5.68. The van der Waals surface area contributed by atoms with Crippen molar-refractivity contribution in [1.82, 2.24) is 9.55 Å². The molecule has 0 aliphatic carbocycles. The van der Waals surface area contributed by atoms with E-state index in [1.165, 1.54) is 0 Å². The van der Waals surface area contributed by atoms with Crippen LogP contribution in [0.2, 0.25) is 0 Å². The van der Waals surface area contributed by atoms with Crippen molar-refractivity contribution in [2.45, 2.75) is 0 Å². The Morgan fingerprint density at radius 3 is 2.58 bits per heavy atom. The number of carbonyl (C=O) groups is 1. The van der Waals surface area contributed by atoms with Crippen LogP contribution in [0.5, 0.6) is 0 Å². The van der Waals surface area contributed by atoms with Crippen LogP contribution < -0.4 is 5.73 Å². The van der Waals surface area contributed by atoms with Crippen LogP contribution in [-0.2, 0) is 0 Å². The molecule has 94 valence electrons. The lowest BCUT2D eigenvalue weighted by Crippen LogP contribution is -2.10. The fourth-order valence-electron chi connectivity index (χ4n) is 1.97. The Labute approximate surface area is 118 Å². The SMILES string of the molecule is NC(=O)c1ccc2c(c1)ncn2-c1ccc(Br)cc1. The first kappa shape index (κ1) is 11.9. The molecular weight excluding hydrogens is 306 g/mol. The van der Waals surface area contributed by atoms with Crippen LogP contribution in [0.3, 0.4) is 0 Å². The van der Waals surface area contributed by atoms with Gasteiger partial charge in [0.2, 0.25) is 5.91 Å². The first-order valence-corrected chi connectivity index (χ1v) is 6.47. The lowest BCUT2D eigenvalue weighted by Gasteiger charge is -2.04. The van der Waals surface area contributed by atoms with Crippen molar-refractivity contribution in [3.8, 4) is 5.69 Å². The second-order valence-corrected chi connectivity index (χ2v) is 5.07. The van der Waals surface area contributed by atoms with Gasteiger partial charge in [0, 0.05) is 15.7 Å². The predicted molar refractivity (Wildman–Crippen MR) is 77.3 cm³/mol. The molecule has 2 N–H and O–H groups in total. The smallest absolute Gasteiger partial charge is 0.248 e.